The summed E-state index contributed by atoms with van der Waals surface area (Å²) in [4.78, 5) is 16.0. The van der Waals surface area contributed by atoms with Crippen LogP contribution < -0.4 is 10.6 Å². The molecule has 18 heavy (non-hydrogen) atoms. The average molecular weight is 272 g/mol. The number of anilines is 1. The Balaban J connectivity index is 2.66. The average Bonchev–Trinajstić information content (AvgIpc) is 2.37. The number of methoxy groups -OCH3 is 1. The summed E-state index contributed by atoms with van der Waals surface area (Å²) < 4.78 is 5.00. The molecule has 1 heterocycles. The number of halogens is 1. The number of pyridine rings is 1. The van der Waals surface area contributed by atoms with Crippen molar-refractivity contribution in [2.24, 2.45) is 5.92 Å². The minimum Gasteiger partial charge on any atom is -0.384 e. The highest BCUT2D eigenvalue weighted by molar-refractivity contribution is 6.33. The predicted molar refractivity (Wildman–Crippen MR) is 72.2 cm³/mol. The van der Waals surface area contributed by atoms with E-state index in [0.29, 0.717) is 29.6 Å². The molecular weight excluding hydrogens is 254 g/mol. The first-order valence-electron chi connectivity index (χ1n) is 5.69. The number of hydrogen-bond acceptors (Lipinski definition) is 4. The third-order valence-electron chi connectivity index (χ3n) is 2.42. The van der Waals surface area contributed by atoms with Crippen molar-refractivity contribution in [3.05, 3.63) is 22.8 Å². The molecule has 0 saturated heterocycles. The van der Waals surface area contributed by atoms with E-state index in [2.05, 4.69) is 15.6 Å². The topological polar surface area (TPSA) is 63.2 Å². The summed E-state index contributed by atoms with van der Waals surface area (Å²) in [7, 11) is 3.37. The highest BCUT2D eigenvalue weighted by atomic mass is 35.5. The third kappa shape index (κ3) is 4.16. The van der Waals surface area contributed by atoms with E-state index >= 15 is 0 Å². The molecule has 0 spiro atoms. The fourth-order valence-corrected chi connectivity index (χ4v) is 1.64. The van der Waals surface area contributed by atoms with Gasteiger partial charge in [-0.25, -0.2) is 4.98 Å². The number of ether oxygens (including phenoxy) is 1. The molecule has 1 aromatic heterocycles. The number of carbonyl (C=O) groups excluding carboxylic acids is 1. The van der Waals surface area contributed by atoms with Crippen LogP contribution in [0.1, 0.15) is 17.3 Å². The molecule has 1 rings (SSSR count). The Morgan fingerprint density at radius 1 is 1.61 bits per heavy atom. The number of hydrogen-bond donors (Lipinski definition) is 2. The maximum atomic E-state index is 12.0. The van der Waals surface area contributed by atoms with E-state index in [4.69, 9.17) is 16.3 Å². The highest BCUT2D eigenvalue weighted by Gasteiger charge is 2.12. The molecule has 6 heteroatoms. The molecule has 0 radical (unpaired) electrons. The van der Waals surface area contributed by atoms with Crippen LogP contribution in [-0.4, -0.2) is 38.2 Å². The van der Waals surface area contributed by atoms with E-state index < -0.39 is 0 Å². The van der Waals surface area contributed by atoms with Gasteiger partial charge >= 0.3 is 0 Å². The van der Waals surface area contributed by atoms with Gasteiger partial charge in [0.1, 0.15) is 5.82 Å². The summed E-state index contributed by atoms with van der Waals surface area (Å²) >= 11 is 5.95. The van der Waals surface area contributed by atoms with Gasteiger partial charge in [0.2, 0.25) is 0 Å². The van der Waals surface area contributed by atoms with Gasteiger partial charge in [-0.3, -0.25) is 4.79 Å². The van der Waals surface area contributed by atoms with Crippen molar-refractivity contribution < 1.29 is 9.53 Å². The van der Waals surface area contributed by atoms with E-state index in [-0.39, 0.29) is 11.8 Å². The zero-order valence-corrected chi connectivity index (χ0v) is 11.5. The van der Waals surface area contributed by atoms with Gasteiger partial charge in [0.15, 0.2) is 0 Å². The fourth-order valence-electron chi connectivity index (χ4n) is 1.46. The first-order chi connectivity index (χ1) is 8.58. The zero-order chi connectivity index (χ0) is 13.5. The van der Waals surface area contributed by atoms with E-state index in [1.807, 2.05) is 6.92 Å². The lowest BCUT2D eigenvalue weighted by atomic mass is 10.2. The van der Waals surface area contributed by atoms with Crippen molar-refractivity contribution in [3.63, 3.8) is 0 Å². The number of amides is 1. The maximum Gasteiger partial charge on any atom is 0.253 e. The number of rotatable bonds is 6. The molecule has 2 N–H and O–H groups in total. The van der Waals surface area contributed by atoms with Crippen molar-refractivity contribution >= 4 is 23.3 Å². The summed E-state index contributed by atoms with van der Waals surface area (Å²) in [6.45, 7) is 3.14. The normalized spacial score (nSPS) is 12.0. The fraction of sp³-hybridized carbons (Fsp3) is 0.500. The Hall–Kier alpha value is -1.33. The van der Waals surface area contributed by atoms with Crippen LogP contribution in [-0.2, 0) is 4.74 Å². The first-order valence-corrected chi connectivity index (χ1v) is 6.06. The van der Waals surface area contributed by atoms with Gasteiger partial charge < -0.3 is 15.4 Å². The summed E-state index contributed by atoms with van der Waals surface area (Å²) in [5, 5.41) is 6.02. The van der Waals surface area contributed by atoms with Crippen LogP contribution in [0.25, 0.3) is 0 Å². The smallest absolute Gasteiger partial charge is 0.253 e. The second kappa shape index (κ2) is 7.18. The Bertz CT molecular complexity index is 412. The molecular formula is C12H18ClN3O2. The molecule has 0 aliphatic rings. The van der Waals surface area contributed by atoms with Crippen LogP contribution in [0.5, 0.6) is 0 Å². The van der Waals surface area contributed by atoms with Crippen molar-refractivity contribution in [2.45, 2.75) is 6.92 Å². The molecule has 1 aromatic rings. The molecule has 0 fully saturated rings. The summed E-state index contributed by atoms with van der Waals surface area (Å²) in [5.41, 5.74) is 0.417. The lowest BCUT2D eigenvalue weighted by Gasteiger charge is -2.12. The highest BCUT2D eigenvalue weighted by Crippen LogP contribution is 2.17. The monoisotopic (exact) mass is 271 g/mol. The molecule has 1 atom stereocenters. The second-order valence-corrected chi connectivity index (χ2v) is 4.48. The van der Waals surface area contributed by atoms with E-state index in [0.717, 1.165) is 0 Å². The molecule has 5 nitrogen and oxygen atoms in total. The van der Waals surface area contributed by atoms with Crippen molar-refractivity contribution in [3.8, 4) is 0 Å². The quantitative estimate of drug-likeness (QED) is 0.828. The largest absolute Gasteiger partial charge is 0.384 e. The summed E-state index contributed by atoms with van der Waals surface area (Å²) in [6, 6.07) is 1.62. The second-order valence-electron chi connectivity index (χ2n) is 4.07. The lowest BCUT2D eigenvalue weighted by molar-refractivity contribution is 0.0934. The van der Waals surface area contributed by atoms with Crippen molar-refractivity contribution in [2.75, 3.05) is 32.6 Å². The lowest BCUT2D eigenvalue weighted by Crippen LogP contribution is -2.30. The molecule has 0 aliphatic carbocycles. The number of nitrogens with zero attached hydrogens (tertiary/aromatic N) is 1. The molecule has 0 bridgehead atoms. The van der Waals surface area contributed by atoms with Crippen LogP contribution in [0.3, 0.4) is 0 Å². The van der Waals surface area contributed by atoms with Gasteiger partial charge in [0.25, 0.3) is 5.91 Å². The van der Waals surface area contributed by atoms with Gasteiger partial charge in [-0.05, 0) is 12.0 Å². The standard InChI is InChI=1S/C12H18ClN3O2/c1-8(7-18-3)5-16-12(17)9-4-11(14-2)15-6-10(9)13/h4,6,8H,5,7H2,1-3H3,(H,14,15)(H,16,17). The Labute approximate surface area is 112 Å². The van der Waals surface area contributed by atoms with Crippen LogP contribution >= 0.6 is 11.6 Å². The zero-order valence-electron chi connectivity index (χ0n) is 10.8. The Morgan fingerprint density at radius 3 is 2.94 bits per heavy atom. The van der Waals surface area contributed by atoms with E-state index in [9.17, 15) is 4.79 Å². The molecule has 1 unspecified atom stereocenters. The van der Waals surface area contributed by atoms with Crippen molar-refractivity contribution in [1.29, 1.82) is 0 Å². The Kier molecular flexibility index (Phi) is 5.88. The minimum absolute atomic E-state index is 0.207. The van der Waals surface area contributed by atoms with Gasteiger partial charge in [-0.15, -0.1) is 0 Å². The van der Waals surface area contributed by atoms with Gasteiger partial charge in [-0.1, -0.05) is 18.5 Å². The van der Waals surface area contributed by atoms with E-state index in [1.54, 1.807) is 20.2 Å². The van der Waals surface area contributed by atoms with Gasteiger partial charge in [0, 0.05) is 26.9 Å². The molecule has 100 valence electrons. The molecule has 0 saturated carbocycles. The van der Waals surface area contributed by atoms with Crippen molar-refractivity contribution in [1.82, 2.24) is 10.3 Å². The van der Waals surface area contributed by atoms with Crippen LogP contribution in [0.2, 0.25) is 5.02 Å². The van der Waals surface area contributed by atoms with E-state index in [1.165, 1.54) is 6.20 Å². The van der Waals surface area contributed by atoms with Crippen LogP contribution in [0.4, 0.5) is 5.82 Å². The molecule has 0 aliphatic heterocycles. The van der Waals surface area contributed by atoms with Gasteiger partial charge in [0.05, 0.1) is 17.2 Å². The van der Waals surface area contributed by atoms with Crippen LogP contribution in [0, 0.1) is 5.92 Å². The number of nitrogens with one attached hydrogen (secondary N) is 2. The maximum absolute atomic E-state index is 12.0. The predicted octanol–water partition coefficient (Wildman–Crippen LogP) is 1.79. The van der Waals surface area contributed by atoms with Crippen LogP contribution in [0.15, 0.2) is 12.3 Å². The van der Waals surface area contributed by atoms with Gasteiger partial charge in [-0.2, -0.15) is 0 Å². The number of carbonyl (C=O) groups is 1. The summed E-state index contributed by atoms with van der Waals surface area (Å²) in [6.07, 6.45) is 1.46. The third-order valence-corrected chi connectivity index (χ3v) is 2.72. The summed E-state index contributed by atoms with van der Waals surface area (Å²) in [5.74, 6) is 0.652. The first kappa shape index (κ1) is 14.7. The molecule has 0 aromatic carbocycles. The minimum atomic E-state index is -0.207. The number of aromatic nitrogens is 1. The SMILES string of the molecule is CNc1cc(C(=O)NCC(C)COC)c(Cl)cn1. The molecule has 1 amide bonds. The Morgan fingerprint density at radius 2 is 2.33 bits per heavy atom.